The van der Waals surface area contributed by atoms with Gasteiger partial charge < -0.3 is 19.1 Å². The molecule has 1 aromatic heterocycles. The van der Waals surface area contributed by atoms with Crippen LogP contribution in [0.15, 0.2) is 47.3 Å². The number of nitrogens with zero attached hydrogens (tertiary/aromatic N) is 1. The fraction of sp³-hybridized carbons (Fsp3) is 0.167. The number of benzene rings is 2. The van der Waals surface area contributed by atoms with Crippen molar-refractivity contribution in [2.24, 2.45) is 7.05 Å². The molecule has 0 aliphatic carbocycles. The van der Waals surface area contributed by atoms with Gasteiger partial charge in [0.05, 0.1) is 25.3 Å². The van der Waals surface area contributed by atoms with Crippen molar-refractivity contribution >= 4 is 10.9 Å². The van der Waals surface area contributed by atoms with E-state index >= 15 is 0 Å². The number of methoxy groups -OCH3 is 2. The maximum atomic E-state index is 12.7. The van der Waals surface area contributed by atoms with E-state index < -0.39 is 0 Å². The SMILES string of the molecule is COc1ccc(-c2c(O)c3ccccc3n(C)c2=O)cc1OC. The number of aromatic nitrogens is 1. The lowest BCUT2D eigenvalue weighted by Gasteiger charge is -2.13. The molecule has 2 aromatic carbocycles. The highest BCUT2D eigenvalue weighted by atomic mass is 16.5. The molecule has 3 aromatic rings. The number of para-hydroxylation sites is 1. The second-order valence-electron chi connectivity index (χ2n) is 5.17. The average Bonchev–Trinajstić information content (AvgIpc) is 2.59. The van der Waals surface area contributed by atoms with Crippen LogP contribution in [0.5, 0.6) is 17.2 Å². The summed E-state index contributed by atoms with van der Waals surface area (Å²) in [5.41, 5.74) is 1.23. The number of aromatic hydroxyl groups is 1. The van der Waals surface area contributed by atoms with Crippen molar-refractivity contribution < 1.29 is 14.6 Å². The fourth-order valence-corrected chi connectivity index (χ4v) is 2.73. The van der Waals surface area contributed by atoms with Gasteiger partial charge in [0.2, 0.25) is 0 Å². The van der Waals surface area contributed by atoms with Crippen molar-refractivity contribution in [3.05, 3.63) is 52.8 Å². The molecule has 0 bridgehead atoms. The van der Waals surface area contributed by atoms with E-state index in [1.165, 1.54) is 11.7 Å². The Morgan fingerprint density at radius 1 is 1.00 bits per heavy atom. The number of pyridine rings is 1. The molecule has 5 heteroatoms. The molecule has 0 saturated carbocycles. The molecule has 0 unspecified atom stereocenters. The molecule has 0 radical (unpaired) electrons. The highest BCUT2D eigenvalue weighted by Gasteiger charge is 2.17. The van der Waals surface area contributed by atoms with E-state index in [2.05, 4.69) is 0 Å². The predicted molar refractivity (Wildman–Crippen MR) is 89.4 cm³/mol. The Kier molecular flexibility index (Phi) is 3.70. The molecule has 0 fully saturated rings. The maximum absolute atomic E-state index is 12.7. The fourth-order valence-electron chi connectivity index (χ4n) is 2.73. The summed E-state index contributed by atoms with van der Waals surface area (Å²) in [4.78, 5) is 12.7. The van der Waals surface area contributed by atoms with Gasteiger partial charge >= 0.3 is 0 Å². The number of fused-ring (bicyclic) bond motifs is 1. The van der Waals surface area contributed by atoms with Gasteiger partial charge in [0, 0.05) is 12.4 Å². The first-order valence-electron chi connectivity index (χ1n) is 7.11. The lowest BCUT2D eigenvalue weighted by atomic mass is 10.0. The van der Waals surface area contributed by atoms with E-state index in [4.69, 9.17) is 9.47 Å². The van der Waals surface area contributed by atoms with Gasteiger partial charge in [-0.1, -0.05) is 18.2 Å². The average molecular weight is 311 g/mol. The zero-order chi connectivity index (χ0) is 16.6. The highest BCUT2D eigenvalue weighted by molar-refractivity contribution is 5.92. The quantitative estimate of drug-likeness (QED) is 0.808. The summed E-state index contributed by atoms with van der Waals surface area (Å²) in [6.45, 7) is 0. The Morgan fingerprint density at radius 2 is 1.70 bits per heavy atom. The Balaban J connectivity index is 2.35. The number of rotatable bonds is 3. The first-order valence-corrected chi connectivity index (χ1v) is 7.11. The van der Waals surface area contributed by atoms with Crippen molar-refractivity contribution in [1.82, 2.24) is 4.57 Å². The molecule has 3 rings (SSSR count). The molecular weight excluding hydrogens is 294 g/mol. The number of hydrogen-bond donors (Lipinski definition) is 1. The molecular formula is C18H17NO4. The number of aryl methyl sites for hydroxylation is 1. The van der Waals surface area contributed by atoms with Gasteiger partial charge in [-0.05, 0) is 29.8 Å². The molecule has 0 spiro atoms. The zero-order valence-electron chi connectivity index (χ0n) is 13.2. The summed E-state index contributed by atoms with van der Waals surface area (Å²) in [5, 5.41) is 11.2. The molecule has 0 aliphatic heterocycles. The third-order valence-electron chi connectivity index (χ3n) is 3.95. The van der Waals surface area contributed by atoms with E-state index in [0.717, 1.165) is 0 Å². The summed E-state index contributed by atoms with van der Waals surface area (Å²) in [7, 11) is 4.76. The molecule has 1 heterocycles. The Morgan fingerprint density at radius 3 is 2.39 bits per heavy atom. The third kappa shape index (κ3) is 2.30. The van der Waals surface area contributed by atoms with E-state index in [1.807, 2.05) is 12.1 Å². The number of ether oxygens (including phenoxy) is 2. The molecule has 0 amide bonds. The second kappa shape index (κ2) is 5.68. The van der Waals surface area contributed by atoms with Crippen LogP contribution in [-0.4, -0.2) is 23.9 Å². The van der Waals surface area contributed by atoms with Crippen LogP contribution in [-0.2, 0) is 7.05 Å². The Bertz CT molecular complexity index is 944. The Hall–Kier alpha value is -2.95. The van der Waals surface area contributed by atoms with Crippen LogP contribution in [0.4, 0.5) is 0 Å². The van der Waals surface area contributed by atoms with Crippen molar-refractivity contribution in [2.75, 3.05) is 14.2 Å². The molecule has 23 heavy (non-hydrogen) atoms. The summed E-state index contributed by atoms with van der Waals surface area (Å²) in [6.07, 6.45) is 0. The highest BCUT2D eigenvalue weighted by Crippen LogP contribution is 2.37. The monoisotopic (exact) mass is 311 g/mol. The van der Waals surface area contributed by atoms with Crippen LogP contribution in [0, 0.1) is 0 Å². The molecule has 0 atom stereocenters. The normalized spacial score (nSPS) is 10.7. The lowest BCUT2D eigenvalue weighted by Crippen LogP contribution is -2.19. The minimum absolute atomic E-state index is 0.0316. The summed E-state index contributed by atoms with van der Waals surface area (Å²) in [6, 6.07) is 12.4. The van der Waals surface area contributed by atoms with Crippen LogP contribution in [0.25, 0.3) is 22.0 Å². The Labute approximate surface area is 133 Å². The van der Waals surface area contributed by atoms with E-state index in [-0.39, 0.29) is 16.9 Å². The largest absolute Gasteiger partial charge is 0.506 e. The van der Waals surface area contributed by atoms with Crippen LogP contribution in [0.2, 0.25) is 0 Å². The van der Waals surface area contributed by atoms with Gasteiger partial charge in [-0.2, -0.15) is 0 Å². The van der Waals surface area contributed by atoms with Crippen molar-refractivity contribution in [2.45, 2.75) is 0 Å². The van der Waals surface area contributed by atoms with Crippen molar-refractivity contribution in [3.63, 3.8) is 0 Å². The minimum Gasteiger partial charge on any atom is -0.506 e. The van der Waals surface area contributed by atoms with Gasteiger partial charge in [0.1, 0.15) is 5.75 Å². The van der Waals surface area contributed by atoms with Gasteiger partial charge in [-0.25, -0.2) is 0 Å². The number of hydrogen-bond acceptors (Lipinski definition) is 4. The van der Waals surface area contributed by atoms with Crippen LogP contribution >= 0.6 is 0 Å². The van der Waals surface area contributed by atoms with Crippen molar-refractivity contribution in [1.29, 1.82) is 0 Å². The van der Waals surface area contributed by atoms with E-state index in [9.17, 15) is 9.90 Å². The summed E-state index contributed by atoms with van der Waals surface area (Å²) < 4.78 is 12.0. The molecule has 5 nitrogen and oxygen atoms in total. The van der Waals surface area contributed by atoms with Crippen LogP contribution < -0.4 is 15.0 Å². The topological polar surface area (TPSA) is 60.7 Å². The van der Waals surface area contributed by atoms with Crippen molar-refractivity contribution in [3.8, 4) is 28.4 Å². The first-order chi connectivity index (χ1) is 11.1. The molecule has 0 saturated heterocycles. The van der Waals surface area contributed by atoms with Gasteiger partial charge in [-0.15, -0.1) is 0 Å². The molecule has 118 valence electrons. The van der Waals surface area contributed by atoms with Gasteiger partial charge in [-0.3, -0.25) is 4.79 Å². The first kappa shape index (κ1) is 15.0. The lowest BCUT2D eigenvalue weighted by molar-refractivity contribution is 0.355. The third-order valence-corrected chi connectivity index (χ3v) is 3.95. The van der Waals surface area contributed by atoms with Gasteiger partial charge in [0.15, 0.2) is 11.5 Å². The standard InChI is InChI=1S/C18H17NO4/c1-19-13-7-5-4-6-12(13)17(20)16(18(19)21)11-8-9-14(22-2)15(10-11)23-3/h4-10,20H,1-3H3. The van der Waals surface area contributed by atoms with Crippen LogP contribution in [0.3, 0.4) is 0 Å². The maximum Gasteiger partial charge on any atom is 0.262 e. The van der Waals surface area contributed by atoms with E-state index in [0.29, 0.717) is 28.0 Å². The zero-order valence-corrected chi connectivity index (χ0v) is 13.2. The predicted octanol–water partition coefficient (Wildman–Crippen LogP) is 2.93. The summed E-state index contributed by atoms with van der Waals surface area (Å²) >= 11 is 0. The molecule has 1 N–H and O–H groups in total. The second-order valence-corrected chi connectivity index (χ2v) is 5.17. The molecule has 0 aliphatic rings. The smallest absolute Gasteiger partial charge is 0.262 e. The van der Waals surface area contributed by atoms with Crippen LogP contribution in [0.1, 0.15) is 0 Å². The summed E-state index contributed by atoms with van der Waals surface area (Å²) in [5.74, 6) is 1.03. The van der Waals surface area contributed by atoms with Gasteiger partial charge in [0.25, 0.3) is 5.56 Å². The van der Waals surface area contributed by atoms with E-state index in [1.54, 1.807) is 44.5 Å². The minimum atomic E-state index is -0.270.